The minimum Gasteiger partial charge on any atom is -0.396 e. The number of rotatable bonds is 5. The number of aromatic nitrogens is 2. The average molecular weight is 314 g/mol. The molecule has 0 bridgehead atoms. The van der Waals surface area contributed by atoms with E-state index in [1.165, 1.54) is 0 Å². The van der Waals surface area contributed by atoms with Crippen molar-refractivity contribution < 1.29 is 9.90 Å². The molecule has 0 radical (unpaired) electrons. The second kappa shape index (κ2) is 6.75. The Balaban J connectivity index is 2.23. The summed E-state index contributed by atoms with van der Waals surface area (Å²) in [5.74, 6) is -0.314. The first-order valence-corrected chi connectivity index (χ1v) is 7.41. The number of carbonyl (C=O) groups is 1. The minimum atomic E-state index is -0.410. The zero-order valence-corrected chi connectivity index (χ0v) is 13.6. The van der Waals surface area contributed by atoms with Gasteiger partial charge in [-0.15, -0.1) is 0 Å². The van der Waals surface area contributed by atoms with Crippen molar-refractivity contribution in [1.29, 1.82) is 0 Å². The maximum absolute atomic E-state index is 12.3. The molecule has 0 aliphatic rings. The fraction of sp³-hybridized carbons (Fsp3) is 0.353. The standard InChI is InChI=1S/C17H22N4O2/c1-11-4-6-12(7-5-11)13-8-19-15(18)14(21-13)16(23)20-9-17(2,3)10-22/h4-8,22H,9-10H2,1-3H3,(H2,18,19)(H,20,23). The third kappa shape index (κ3) is 4.26. The maximum Gasteiger partial charge on any atom is 0.273 e. The van der Waals surface area contributed by atoms with Crippen LogP contribution >= 0.6 is 0 Å². The van der Waals surface area contributed by atoms with Crippen molar-refractivity contribution in [1.82, 2.24) is 15.3 Å². The summed E-state index contributed by atoms with van der Waals surface area (Å²) in [6, 6.07) is 7.78. The van der Waals surface area contributed by atoms with Crippen LogP contribution in [0.2, 0.25) is 0 Å². The number of hydrogen-bond acceptors (Lipinski definition) is 5. The fourth-order valence-electron chi connectivity index (χ4n) is 1.89. The minimum absolute atomic E-state index is 0.0299. The summed E-state index contributed by atoms with van der Waals surface area (Å²) in [6.07, 6.45) is 1.55. The molecule has 1 aromatic heterocycles. The molecule has 122 valence electrons. The van der Waals surface area contributed by atoms with Crippen LogP contribution in [0.5, 0.6) is 0 Å². The zero-order chi connectivity index (χ0) is 17.0. The molecule has 0 spiro atoms. The Morgan fingerprint density at radius 3 is 2.57 bits per heavy atom. The van der Waals surface area contributed by atoms with Crippen LogP contribution in [0.25, 0.3) is 11.3 Å². The number of anilines is 1. The van der Waals surface area contributed by atoms with Crippen molar-refractivity contribution in [3.05, 3.63) is 41.7 Å². The quantitative estimate of drug-likeness (QED) is 0.781. The molecule has 0 fully saturated rings. The van der Waals surface area contributed by atoms with E-state index in [9.17, 15) is 9.90 Å². The molecular formula is C17H22N4O2. The highest BCUT2D eigenvalue weighted by Gasteiger charge is 2.20. The van der Waals surface area contributed by atoms with Gasteiger partial charge in [0.25, 0.3) is 5.91 Å². The number of aryl methyl sites for hydroxylation is 1. The Bertz CT molecular complexity index is 696. The molecule has 23 heavy (non-hydrogen) atoms. The van der Waals surface area contributed by atoms with Gasteiger partial charge in [-0.05, 0) is 6.92 Å². The lowest BCUT2D eigenvalue weighted by Gasteiger charge is -2.21. The Morgan fingerprint density at radius 1 is 1.30 bits per heavy atom. The van der Waals surface area contributed by atoms with E-state index in [0.717, 1.165) is 11.1 Å². The van der Waals surface area contributed by atoms with Gasteiger partial charge < -0.3 is 16.2 Å². The SMILES string of the molecule is Cc1ccc(-c2cnc(N)c(C(=O)NCC(C)(C)CO)n2)cc1. The molecule has 2 aromatic rings. The van der Waals surface area contributed by atoms with Gasteiger partial charge in [0.1, 0.15) is 0 Å². The summed E-state index contributed by atoms with van der Waals surface area (Å²) in [7, 11) is 0. The Kier molecular flexibility index (Phi) is 4.95. The Labute approximate surface area is 135 Å². The lowest BCUT2D eigenvalue weighted by atomic mass is 9.95. The van der Waals surface area contributed by atoms with Gasteiger partial charge in [0, 0.05) is 24.1 Å². The topological polar surface area (TPSA) is 101 Å². The van der Waals surface area contributed by atoms with Crippen LogP contribution in [0.3, 0.4) is 0 Å². The van der Waals surface area contributed by atoms with Crippen LogP contribution in [0, 0.1) is 12.3 Å². The summed E-state index contributed by atoms with van der Waals surface area (Å²) in [4.78, 5) is 20.7. The number of aliphatic hydroxyl groups excluding tert-OH is 1. The molecule has 1 aromatic carbocycles. The normalized spacial score (nSPS) is 11.3. The van der Waals surface area contributed by atoms with Crippen LogP contribution in [-0.4, -0.2) is 34.1 Å². The smallest absolute Gasteiger partial charge is 0.273 e. The lowest BCUT2D eigenvalue weighted by molar-refractivity contribution is 0.0907. The van der Waals surface area contributed by atoms with E-state index in [1.807, 2.05) is 45.0 Å². The van der Waals surface area contributed by atoms with Gasteiger partial charge in [0.05, 0.1) is 11.9 Å². The van der Waals surface area contributed by atoms with Gasteiger partial charge in [-0.1, -0.05) is 43.7 Å². The number of amides is 1. The van der Waals surface area contributed by atoms with E-state index in [2.05, 4.69) is 15.3 Å². The highest BCUT2D eigenvalue weighted by molar-refractivity contribution is 5.96. The van der Waals surface area contributed by atoms with Crippen molar-refractivity contribution >= 4 is 11.7 Å². The second-order valence-electron chi connectivity index (χ2n) is 6.36. The van der Waals surface area contributed by atoms with Crippen LogP contribution in [-0.2, 0) is 0 Å². The predicted octanol–water partition coefficient (Wildman–Crippen LogP) is 1.78. The first-order valence-electron chi connectivity index (χ1n) is 7.41. The number of hydrogen-bond donors (Lipinski definition) is 3. The van der Waals surface area contributed by atoms with Gasteiger partial charge in [-0.25, -0.2) is 9.97 Å². The molecular weight excluding hydrogens is 292 g/mol. The molecule has 2 rings (SSSR count). The summed E-state index contributed by atoms with van der Waals surface area (Å²) >= 11 is 0. The molecule has 6 heteroatoms. The second-order valence-corrected chi connectivity index (χ2v) is 6.36. The highest BCUT2D eigenvalue weighted by Crippen LogP contribution is 2.19. The van der Waals surface area contributed by atoms with E-state index in [-0.39, 0.29) is 18.1 Å². The average Bonchev–Trinajstić information content (AvgIpc) is 2.54. The van der Waals surface area contributed by atoms with Gasteiger partial charge >= 0.3 is 0 Å². The van der Waals surface area contributed by atoms with Crippen molar-refractivity contribution in [3.63, 3.8) is 0 Å². The van der Waals surface area contributed by atoms with Crippen LogP contribution in [0.15, 0.2) is 30.5 Å². The number of carbonyl (C=O) groups excluding carboxylic acids is 1. The van der Waals surface area contributed by atoms with E-state index in [1.54, 1.807) is 6.20 Å². The van der Waals surface area contributed by atoms with Crippen LogP contribution < -0.4 is 11.1 Å². The summed E-state index contributed by atoms with van der Waals surface area (Å²) in [5, 5.41) is 12.0. The molecule has 0 atom stereocenters. The number of aliphatic hydroxyl groups is 1. The molecule has 0 saturated carbocycles. The van der Waals surface area contributed by atoms with E-state index in [4.69, 9.17) is 5.73 Å². The first-order chi connectivity index (χ1) is 10.8. The first kappa shape index (κ1) is 16.9. The highest BCUT2D eigenvalue weighted by atomic mass is 16.3. The van der Waals surface area contributed by atoms with Crippen molar-refractivity contribution in [2.24, 2.45) is 5.41 Å². The molecule has 1 amide bonds. The zero-order valence-electron chi connectivity index (χ0n) is 13.6. The van der Waals surface area contributed by atoms with Crippen molar-refractivity contribution in [3.8, 4) is 11.3 Å². The van der Waals surface area contributed by atoms with E-state index >= 15 is 0 Å². The lowest BCUT2D eigenvalue weighted by Crippen LogP contribution is -2.36. The van der Waals surface area contributed by atoms with Crippen molar-refractivity contribution in [2.45, 2.75) is 20.8 Å². The molecule has 4 N–H and O–H groups in total. The number of nitrogen functional groups attached to an aromatic ring is 1. The number of nitrogens with two attached hydrogens (primary N) is 1. The fourth-order valence-corrected chi connectivity index (χ4v) is 1.89. The third-order valence-electron chi connectivity index (χ3n) is 3.52. The largest absolute Gasteiger partial charge is 0.396 e. The van der Waals surface area contributed by atoms with Gasteiger partial charge in [0.2, 0.25) is 0 Å². The third-order valence-corrected chi connectivity index (χ3v) is 3.52. The van der Waals surface area contributed by atoms with Crippen molar-refractivity contribution in [2.75, 3.05) is 18.9 Å². The number of benzene rings is 1. The molecule has 6 nitrogen and oxygen atoms in total. The Morgan fingerprint density at radius 2 is 1.96 bits per heavy atom. The van der Waals surface area contributed by atoms with E-state index < -0.39 is 11.3 Å². The van der Waals surface area contributed by atoms with Crippen LogP contribution in [0.4, 0.5) is 5.82 Å². The number of nitrogens with zero attached hydrogens (tertiary/aromatic N) is 2. The summed E-state index contributed by atoms with van der Waals surface area (Å²) in [5.41, 5.74) is 8.06. The number of nitrogens with one attached hydrogen (secondary N) is 1. The van der Waals surface area contributed by atoms with Gasteiger partial charge in [-0.2, -0.15) is 0 Å². The summed E-state index contributed by atoms with van der Waals surface area (Å²) < 4.78 is 0. The van der Waals surface area contributed by atoms with Gasteiger partial charge in [0.15, 0.2) is 11.5 Å². The molecule has 0 saturated heterocycles. The molecule has 1 heterocycles. The van der Waals surface area contributed by atoms with E-state index in [0.29, 0.717) is 12.2 Å². The monoisotopic (exact) mass is 314 g/mol. The van der Waals surface area contributed by atoms with Crippen LogP contribution in [0.1, 0.15) is 29.9 Å². The Hall–Kier alpha value is -2.47. The summed E-state index contributed by atoms with van der Waals surface area (Å²) in [6.45, 7) is 5.99. The molecule has 0 aliphatic heterocycles. The predicted molar refractivity (Wildman–Crippen MR) is 89.8 cm³/mol. The van der Waals surface area contributed by atoms with Gasteiger partial charge in [-0.3, -0.25) is 4.79 Å². The molecule has 0 unspecified atom stereocenters. The molecule has 0 aliphatic carbocycles. The maximum atomic E-state index is 12.3.